The van der Waals surface area contributed by atoms with Crippen LogP contribution in [0.2, 0.25) is 0 Å². The molecular weight excluding hydrogens is 542 g/mol. The summed E-state index contributed by atoms with van der Waals surface area (Å²) in [4.78, 5) is 43.4. The van der Waals surface area contributed by atoms with E-state index in [0.717, 1.165) is 23.8 Å². The Hall–Kier alpha value is -3.89. The molecule has 0 saturated carbocycles. The standard InChI is InChI=1S/C32H38F2N4O4/c1-4-11-32(12-5-2)19-26(37(3)31(32)42)29(40)36-25(17-22-15-23(33)18-24(34)16-22)28(39)27-30(41)38(14-13-35-27)20-21-9-7-6-8-10-21/h4-10,15-16,18,25-28,35,39H,1-2,11-14,17,19-20H2,3H3,(H,36,40)/t25-,26-,27-,28-/m0/s1. The van der Waals surface area contributed by atoms with Gasteiger partial charge in [-0.15, -0.1) is 13.2 Å². The van der Waals surface area contributed by atoms with Crippen molar-refractivity contribution in [3.8, 4) is 0 Å². The largest absolute Gasteiger partial charge is 0.389 e. The first-order valence-corrected chi connectivity index (χ1v) is 14.1. The molecule has 2 aliphatic rings. The fraction of sp³-hybridized carbons (Fsp3) is 0.406. The number of allylic oxidation sites excluding steroid dienone is 2. The van der Waals surface area contributed by atoms with Gasteiger partial charge in [0.25, 0.3) is 0 Å². The summed E-state index contributed by atoms with van der Waals surface area (Å²) < 4.78 is 28.1. The van der Waals surface area contributed by atoms with Gasteiger partial charge < -0.3 is 25.5 Å². The lowest BCUT2D eigenvalue weighted by Crippen LogP contribution is -2.64. The van der Waals surface area contributed by atoms with E-state index in [1.54, 1.807) is 24.1 Å². The molecule has 2 fully saturated rings. The quantitative estimate of drug-likeness (QED) is 0.335. The number of piperazine rings is 1. The number of aliphatic hydroxyl groups is 1. The number of likely N-dealkylation sites (N-methyl/N-ethyl adjacent to an activating group) is 1. The van der Waals surface area contributed by atoms with Gasteiger partial charge in [-0.1, -0.05) is 42.5 Å². The molecule has 0 bridgehead atoms. The van der Waals surface area contributed by atoms with Crippen molar-refractivity contribution >= 4 is 17.7 Å². The van der Waals surface area contributed by atoms with Gasteiger partial charge in [-0.25, -0.2) is 8.78 Å². The Kier molecular flexibility index (Phi) is 9.90. The number of nitrogens with one attached hydrogen (secondary N) is 2. The number of carbonyl (C=O) groups excluding carboxylic acids is 3. The predicted octanol–water partition coefficient (Wildman–Crippen LogP) is 2.72. The van der Waals surface area contributed by atoms with Crippen LogP contribution in [0.3, 0.4) is 0 Å². The molecule has 2 aromatic rings. The third kappa shape index (κ3) is 6.77. The number of carbonyl (C=O) groups is 3. The second-order valence-electron chi connectivity index (χ2n) is 11.2. The number of rotatable bonds is 12. The van der Waals surface area contributed by atoms with Gasteiger partial charge in [-0.3, -0.25) is 14.4 Å². The molecule has 4 atom stereocenters. The van der Waals surface area contributed by atoms with Crippen LogP contribution in [0, 0.1) is 17.0 Å². The average Bonchev–Trinajstić information content (AvgIpc) is 3.19. The monoisotopic (exact) mass is 580 g/mol. The summed E-state index contributed by atoms with van der Waals surface area (Å²) in [5, 5.41) is 17.4. The van der Waals surface area contributed by atoms with E-state index < -0.39 is 47.2 Å². The van der Waals surface area contributed by atoms with Crippen molar-refractivity contribution in [2.24, 2.45) is 5.41 Å². The topological polar surface area (TPSA) is 102 Å². The van der Waals surface area contributed by atoms with Gasteiger partial charge in [0.1, 0.15) is 23.7 Å². The molecule has 0 radical (unpaired) electrons. The van der Waals surface area contributed by atoms with E-state index in [1.165, 1.54) is 4.90 Å². The number of nitrogens with zero attached hydrogens (tertiary/aromatic N) is 2. The summed E-state index contributed by atoms with van der Waals surface area (Å²) in [6.45, 7) is 8.70. The molecule has 3 amide bonds. The van der Waals surface area contributed by atoms with E-state index in [-0.39, 0.29) is 30.2 Å². The van der Waals surface area contributed by atoms with Crippen molar-refractivity contribution in [2.45, 2.75) is 56.5 Å². The van der Waals surface area contributed by atoms with Crippen molar-refractivity contribution in [3.05, 3.63) is 96.6 Å². The number of benzene rings is 2. The highest BCUT2D eigenvalue weighted by Crippen LogP contribution is 2.42. The number of aliphatic hydroxyl groups excluding tert-OH is 1. The van der Waals surface area contributed by atoms with Crippen molar-refractivity contribution in [1.29, 1.82) is 0 Å². The minimum Gasteiger partial charge on any atom is -0.389 e. The van der Waals surface area contributed by atoms with Gasteiger partial charge >= 0.3 is 0 Å². The summed E-state index contributed by atoms with van der Waals surface area (Å²) in [6.07, 6.45) is 2.61. The Morgan fingerprint density at radius 2 is 1.76 bits per heavy atom. The second kappa shape index (κ2) is 13.4. The molecule has 4 rings (SSSR count). The van der Waals surface area contributed by atoms with Crippen LogP contribution in [-0.4, -0.2) is 77.0 Å². The van der Waals surface area contributed by atoms with Crippen LogP contribution in [0.25, 0.3) is 0 Å². The lowest BCUT2D eigenvalue weighted by Gasteiger charge is -2.38. The number of hydrogen-bond donors (Lipinski definition) is 3. The first kappa shape index (κ1) is 31.1. The maximum Gasteiger partial charge on any atom is 0.243 e. The van der Waals surface area contributed by atoms with E-state index in [4.69, 9.17) is 0 Å². The van der Waals surface area contributed by atoms with Gasteiger partial charge in [0, 0.05) is 32.7 Å². The van der Waals surface area contributed by atoms with Gasteiger partial charge in [0.15, 0.2) is 0 Å². The molecule has 0 aromatic heterocycles. The second-order valence-corrected chi connectivity index (χ2v) is 11.2. The molecule has 0 spiro atoms. The molecule has 224 valence electrons. The van der Waals surface area contributed by atoms with Crippen molar-refractivity contribution in [1.82, 2.24) is 20.4 Å². The predicted molar refractivity (Wildman–Crippen MR) is 155 cm³/mol. The molecule has 42 heavy (non-hydrogen) atoms. The zero-order valence-corrected chi connectivity index (χ0v) is 23.8. The molecule has 2 saturated heterocycles. The highest BCUT2D eigenvalue weighted by atomic mass is 19.1. The van der Waals surface area contributed by atoms with E-state index in [1.807, 2.05) is 30.3 Å². The summed E-state index contributed by atoms with van der Waals surface area (Å²) >= 11 is 0. The molecule has 2 aromatic carbocycles. The summed E-state index contributed by atoms with van der Waals surface area (Å²) in [5.74, 6) is -2.71. The van der Waals surface area contributed by atoms with Crippen molar-refractivity contribution < 1.29 is 28.3 Å². The summed E-state index contributed by atoms with van der Waals surface area (Å²) in [7, 11) is 1.54. The summed E-state index contributed by atoms with van der Waals surface area (Å²) in [5.41, 5.74) is 0.265. The van der Waals surface area contributed by atoms with Crippen molar-refractivity contribution in [3.63, 3.8) is 0 Å². The fourth-order valence-electron chi connectivity index (χ4n) is 6.08. The van der Waals surface area contributed by atoms with Gasteiger partial charge in [0.05, 0.1) is 17.6 Å². The third-order valence-electron chi connectivity index (χ3n) is 8.20. The molecule has 8 nitrogen and oxygen atoms in total. The smallest absolute Gasteiger partial charge is 0.243 e. The lowest BCUT2D eigenvalue weighted by molar-refractivity contribution is -0.141. The Balaban J connectivity index is 1.58. The molecule has 2 aliphatic heterocycles. The van der Waals surface area contributed by atoms with Crippen LogP contribution in [0.15, 0.2) is 73.8 Å². The van der Waals surface area contributed by atoms with Gasteiger partial charge in [-0.2, -0.15) is 0 Å². The van der Waals surface area contributed by atoms with E-state index in [0.29, 0.717) is 32.5 Å². The maximum absolute atomic E-state index is 14.1. The molecule has 2 heterocycles. The third-order valence-corrected chi connectivity index (χ3v) is 8.20. The minimum atomic E-state index is -1.44. The van der Waals surface area contributed by atoms with E-state index in [9.17, 15) is 28.3 Å². The molecule has 3 N–H and O–H groups in total. The van der Waals surface area contributed by atoms with Crippen LogP contribution in [0.1, 0.15) is 30.4 Å². The average molecular weight is 581 g/mol. The fourth-order valence-corrected chi connectivity index (χ4v) is 6.08. The summed E-state index contributed by atoms with van der Waals surface area (Å²) in [6, 6.07) is 9.38. The number of likely N-dealkylation sites (tertiary alicyclic amines) is 1. The van der Waals surface area contributed by atoms with Crippen LogP contribution in [0.5, 0.6) is 0 Å². The SMILES string of the molecule is C=CCC1(CC=C)C[C@@H](C(=O)N[C@@H](Cc2cc(F)cc(F)c2)[C@H](O)[C@@H]2NCCN(Cc3ccccc3)C2=O)N(C)C1=O. The first-order chi connectivity index (χ1) is 20.1. The lowest BCUT2D eigenvalue weighted by atomic mass is 9.78. The molecule has 0 aliphatic carbocycles. The minimum absolute atomic E-state index is 0.152. The normalized spacial score (nSPS) is 21.6. The Morgan fingerprint density at radius 3 is 2.38 bits per heavy atom. The maximum atomic E-state index is 14.1. The first-order valence-electron chi connectivity index (χ1n) is 14.1. The highest BCUT2D eigenvalue weighted by Gasteiger charge is 2.51. The number of amides is 3. The number of hydrogen-bond acceptors (Lipinski definition) is 5. The Morgan fingerprint density at radius 1 is 1.12 bits per heavy atom. The van der Waals surface area contributed by atoms with Crippen LogP contribution in [-0.2, 0) is 27.3 Å². The van der Waals surface area contributed by atoms with Crippen LogP contribution >= 0.6 is 0 Å². The Bertz CT molecular complexity index is 1290. The highest BCUT2D eigenvalue weighted by molar-refractivity contribution is 5.94. The van der Waals surface area contributed by atoms with Crippen LogP contribution < -0.4 is 10.6 Å². The number of halogens is 2. The van der Waals surface area contributed by atoms with E-state index in [2.05, 4.69) is 23.8 Å². The zero-order valence-electron chi connectivity index (χ0n) is 23.8. The molecule has 10 heteroatoms. The van der Waals surface area contributed by atoms with Gasteiger partial charge in [0.2, 0.25) is 17.7 Å². The van der Waals surface area contributed by atoms with Crippen molar-refractivity contribution in [2.75, 3.05) is 20.1 Å². The van der Waals surface area contributed by atoms with Crippen LogP contribution in [0.4, 0.5) is 8.78 Å². The zero-order chi connectivity index (χ0) is 30.4. The molecule has 0 unspecified atom stereocenters. The molecular formula is C32H38F2N4O4. The van der Waals surface area contributed by atoms with Gasteiger partial charge in [-0.05, 0) is 48.9 Å². The Labute approximate surface area is 245 Å². The van der Waals surface area contributed by atoms with E-state index >= 15 is 0 Å².